The molecule has 0 aromatic heterocycles. The summed E-state index contributed by atoms with van der Waals surface area (Å²) in [6.45, 7) is 3.62. The van der Waals surface area contributed by atoms with Crippen molar-refractivity contribution in [3.8, 4) is 5.75 Å². The predicted octanol–water partition coefficient (Wildman–Crippen LogP) is 2.15. The minimum Gasteiger partial charge on any atom is -0.484 e. The van der Waals surface area contributed by atoms with Crippen LogP contribution in [0.3, 0.4) is 0 Å². The van der Waals surface area contributed by atoms with Gasteiger partial charge in [0.25, 0.3) is 5.91 Å². The lowest BCUT2D eigenvalue weighted by molar-refractivity contribution is -0.119. The van der Waals surface area contributed by atoms with Crippen molar-refractivity contribution in [3.05, 3.63) is 65.2 Å². The maximum atomic E-state index is 10.6. The minimum atomic E-state index is -0.473. The summed E-state index contributed by atoms with van der Waals surface area (Å²) in [5.74, 6) is 0.176. The van der Waals surface area contributed by atoms with Gasteiger partial charge in [-0.1, -0.05) is 42.0 Å². The molecule has 0 aliphatic carbocycles. The van der Waals surface area contributed by atoms with E-state index in [9.17, 15) is 4.79 Å². The number of carbonyl (C=O) groups excluding carboxylic acids is 1. The zero-order valence-corrected chi connectivity index (χ0v) is 12.1. The van der Waals surface area contributed by atoms with Crippen molar-refractivity contribution in [2.75, 3.05) is 6.61 Å². The highest BCUT2D eigenvalue weighted by Gasteiger charge is 1.99. The van der Waals surface area contributed by atoms with Gasteiger partial charge < -0.3 is 15.8 Å². The molecule has 2 aromatic rings. The first-order valence-corrected chi connectivity index (χ1v) is 6.90. The fraction of sp³-hybridized carbons (Fsp3) is 0.235. The summed E-state index contributed by atoms with van der Waals surface area (Å²) in [6, 6.07) is 16.1. The van der Waals surface area contributed by atoms with Gasteiger partial charge in [-0.3, -0.25) is 4.79 Å². The molecule has 2 rings (SSSR count). The Morgan fingerprint density at radius 2 is 1.81 bits per heavy atom. The van der Waals surface area contributed by atoms with E-state index in [0.29, 0.717) is 5.75 Å². The molecule has 0 spiro atoms. The highest BCUT2D eigenvalue weighted by atomic mass is 16.5. The quantitative estimate of drug-likeness (QED) is 0.819. The lowest BCUT2D eigenvalue weighted by atomic mass is 10.1. The van der Waals surface area contributed by atoms with Gasteiger partial charge in [-0.25, -0.2) is 0 Å². The van der Waals surface area contributed by atoms with Crippen molar-refractivity contribution < 1.29 is 9.53 Å². The Morgan fingerprint density at radius 1 is 1.10 bits per heavy atom. The van der Waals surface area contributed by atoms with E-state index in [4.69, 9.17) is 10.5 Å². The maximum absolute atomic E-state index is 10.6. The van der Waals surface area contributed by atoms with Crippen molar-refractivity contribution in [1.82, 2.24) is 5.32 Å². The standard InChI is InChI=1S/C17H20N2O2/c1-13-3-2-4-15(9-13)11-19-10-14-5-7-16(8-6-14)21-12-17(18)20/h2-9,19H,10-12H2,1H3,(H2,18,20). The van der Waals surface area contributed by atoms with Crippen LogP contribution in [-0.4, -0.2) is 12.5 Å². The number of aryl methyl sites for hydroxylation is 1. The summed E-state index contributed by atoms with van der Waals surface area (Å²) in [7, 11) is 0. The van der Waals surface area contributed by atoms with Gasteiger partial charge in [0.1, 0.15) is 5.75 Å². The van der Waals surface area contributed by atoms with Gasteiger partial charge in [0.05, 0.1) is 0 Å². The summed E-state index contributed by atoms with van der Waals surface area (Å²) in [5.41, 5.74) is 8.73. The van der Waals surface area contributed by atoms with Crippen LogP contribution in [0.25, 0.3) is 0 Å². The van der Waals surface area contributed by atoms with E-state index in [1.54, 1.807) is 0 Å². The molecule has 4 heteroatoms. The first kappa shape index (κ1) is 15.1. The Kier molecular flexibility index (Phi) is 5.35. The molecule has 0 radical (unpaired) electrons. The van der Waals surface area contributed by atoms with E-state index in [1.165, 1.54) is 11.1 Å². The van der Waals surface area contributed by atoms with Gasteiger partial charge in [0.2, 0.25) is 0 Å². The fourth-order valence-corrected chi connectivity index (χ4v) is 2.03. The molecule has 21 heavy (non-hydrogen) atoms. The van der Waals surface area contributed by atoms with Crippen LogP contribution in [0.1, 0.15) is 16.7 Å². The molecular weight excluding hydrogens is 264 g/mol. The summed E-state index contributed by atoms with van der Waals surface area (Å²) in [5, 5.41) is 3.40. The smallest absolute Gasteiger partial charge is 0.255 e. The molecule has 0 aliphatic rings. The highest BCUT2D eigenvalue weighted by molar-refractivity contribution is 5.75. The van der Waals surface area contributed by atoms with E-state index in [-0.39, 0.29) is 6.61 Å². The SMILES string of the molecule is Cc1cccc(CNCc2ccc(OCC(N)=O)cc2)c1. The molecule has 2 aromatic carbocycles. The maximum Gasteiger partial charge on any atom is 0.255 e. The molecule has 0 bridgehead atoms. The van der Waals surface area contributed by atoms with Crippen LogP contribution >= 0.6 is 0 Å². The van der Waals surface area contributed by atoms with Crippen LogP contribution in [0.15, 0.2) is 48.5 Å². The number of nitrogens with one attached hydrogen (secondary N) is 1. The van der Waals surface area contributed by atoms with E-state index >= 15 is 0 Å². The van der Waals surface area contributed by atoms with E-state index in [2.05, 4.69) is 36.5 Å². The number of hydrogen-bond donors (Lipinski definition) is 2. The van der Waals surface area contributed by atoms with Crippen LogP contribution in [0, 0.1) is 6.92 Å². The average Bonchev–Trinajstić information content (AvgIpc) is 2.46. The van der Waals surface area contributed by atoms with Crippen LogP contribution in [-0.2, 0) is 17.9 Å². The average molecular weight is 284 g/mol. The Labute approximate surface area is 124 Å². The van der Waals surface area contributed by atoms with Crippen molar-refractivity contribution in [3.63, 3.8) is 0 Å². The Hall–Kier alpha value is -2.33. The fourth-order valence-electron chi connectivity index (χ4n) is 2.03. The van der Waals surface area contributed by atoms with Crippen LogP contribution in [0.5, 0.6) is 5.75 Å². The number of ether oxygens (including phenoxy) is 1. The lowest BCUT2D eigenvalue weighted by Gasteiger charge is -2.07. The molecule has 4 nitrogen and oxygen atoms in total. The monoisotopic (exact) mass is 284 g/mol. The van der Waals surface area contributed by atoms with E-state index in [0.717, 1.165) is 18.7 Å². The molecule has 0 atom stereocenters. The normalized spacial score (nSPS) is 10.3. The van der Waals surface area contributed by atoms with E-state index < -0.39 is 5.91 Å². The first-order valence-electron chi connectivity index (χ1n) is 6.90. The van der Waals surface area contributed by atoms with Gasteiger partial charge in [0.15, 0.2) is 6.61 Å². The van der Waals surface area contributed by atoms with Gasteiger partial charge >= 0.3 is 0 Å². The van der Waals surface area contributed by atoms with Crippen molar-refractivity contribution in [2.24, 2.45) is 5.73 Å². The summed E-state index contributed by atoms with van der Waals surface area (Å²) in [4.78, 5) is 10.6. The zero-order valence-electron chi connectivity index (χ0n) is 12.1. The lowest BCUT2D eigenvalue weighted by Crippen LogP contribution is -2.20. The van der Waals surface area contributed by atoms with Crippen LogP contribution in [0.4, 0.5) is 0 Å². The Balaban J connectivity index is 1.79. The van der Waals surface area contributed by atoms with Crippen molar-refractivity contribution in [1.29, 1.82) is 0 Å². The molecule has 110 valence electrons. The predicted molar refractivity (Wildman–Crippen MR) is 82.9 cm³/mol. The molecule has 1 amide bonds. The van der Waals surface area contributed by atoms with Gasteiger partial charge in [0, 0.05) is 13.1 Å². The molecule has 0 saturated carbocycles. The second kappa shape index (κ2) is 7.45. The third-order valence-electron chi connectivity index (χ3n) is 3.05. The van der Waals surface area contributed by atoms with Crippen LogP contribution in [0.2, 0.25) is 0 Å². The highest BCUT2D eigenvalue weighted by Crippen LogP contribution is 2.12. The largest absolute Gasteiger partial charge is 0.484 e. The summed E-state index contributed by atoms with van der Waals surface area (Å²) >= 11 is 0. The Morgan fingerprint density at radius 3 is 2.48 bits per heavy atom. The third kappa shape index (κ3) is 5.28. The second-order valence-electron chi connectivity index (χ2n) is 4.99. The third-order valence-corrected chi connectivity index (χ3v) is 3.05. The van der Waals surface area contributed by atoms with Gasteiger partial charge in [-0.05, 0) is 30.2 Å². The zero-order chi connectivity index (χ0) is 15.1. The van der Waals surface area contributed by atoms with Crippen LogP contribution < -0.4 is 15.8 Å². The topological polar surface area (TPSA) is 64.3 Å². The molecule has 0 aliphatic heterocycles. The molecular formula is C17H20N2O2. The van der Waals surface area contributed by atoms with E-state index in [1.807, 2.05) is 24.3 Å². The number of hydrogen-bond acceptors (Lipinski definition) is 3. The first-order chi connectivity index (χ1) is 10.1. The Bertz CT molecular complexity index is 594. The number of amides is 1. The second-order valence-corrected chi connectivity index (χ2v) is 4.99. The summed E-state index contributed by atoms with van der Waals surface area (Å²) < 4.78 is 5.21. The summed E-state index contributed by atoms with van der Waals surface area (Å²) in [6.07, 6.45) is 0. The molecule has 0 heterocycles. The van der Waals surface area contributed by atoms with Crippen molar-refractivity contribution in [2.45, 2.75) is 20.0 Å². The number of carbonyl (C=O) groups is 1. The number of primary amides is 1. The molecule has 0 fully saturated rings. The minimum absolute atomic E-state index is 0.0923. The number of nitrogens with two attached hydrogens (primary N) is 1. The number of benzene rings is 2. The molecule has 0 saturated heterocycles. The molecule has 0 unspecified atom stereocenters. The van der Waals surface area contributed by atoms with Gasteiger partial charge in [-0.2, -0.15) is 0 Å². The van der Waals surface area contributed by atoms with Gasteiger partial charge in [-0.15, -0.1) is 0 Å². The van der Waals surface area contributed by atoms with Crippen molar-refractivity contribution >= 4 is 5.91 Å². The molecule has 3 N–H and O–H groups in total. The number of rotatable bonds is 7.